The lowest BCUT2D eigenvalue weighted by molar-refractivity contribution is 0.0107. The van der Waals surface area contributed by atoms with Crippen LogP contribution in [0.4, 0.5) is 4.79 Å². The van der Waals surface area contributed by atoms with Crippen molar-refractivity contribution >= 4 is 6.09 Å². The summed E-state index contributed by atoms with van der Waals surface area (Å²) in [5.74, 6) is 0.858. The van der Waals surface area contributed by atoms with E-state index in [1.165, 1.54) is 0 Å². The summed E-state index contributed by atoms with van der Waals surface area (Å²) in [6, 6.07) is 7.88. The zero-order valence-electron chi connectivity index (χ0n) is 12.7. The highest BCUT2D eigenvalue weighted by atomic mass is 16.6. The Morgan fingerprint density at radius 1 is 1.40 bits per heavy atom. The fourth-order valence-electron chi connectivity index (χ4n) is 2.24. The predicted octanol–water partition coefficient (Wildman–Crippen LogP) is 3.59. The van der Waals surface area contributed by atoms with Crippen LogP contribution >= 0.6 is 0 Å². The number of para-hydroxylation sites is 1. The third kappa shape index (κ3) is 3.44. The van der Waals surface area contributed by atoms with Crippen molar-refractivity contribution < 1.29 is 14.3 Å². The number of amides is 1. The van der Waals surface area contributed by atoms with Crippen molar-refractivity contribution in [2.45, 2.75) is 52.3 Å². The molecule has 1 aromatic carbocycles. The second-order valence-corrected chi connectivity index (χ2v) is 6.09. The van der Waals surface area contributed by atoms with E-state index in [1.54, 1.807) is 4.90 Å². The van der Waals surface area contributed by atoms with Crippen LogP contribution in [-0.4, -0.2) is 29.2 Å². The Hall–Kier alpha value is -1.71. The first-order valence-corrected chi connectivity index (χ1v) is 7.11. The van der Waals surface area contributed by atoms with Crippen LogP contribution in [-0.2, 0) is 11.3 Å². The van der Waals surface area contributed by atoms with Gasteiger partial charge in [-0.2, -0.15) is 0 Å². The molecule has 2 rings (SSSR count). The molecule has 0 bridgehead atoms. The van der Waals surface area contributed by atoms with E-state index < -0.39 is 5.60 Å². The quantitative estimate of drug-likeness (QED) is 0.787. The molecule has 4 heteroatoms. The van der Waals surface area contributed by atoms with E-state index >= 15 is 0 Å². The molecule has 1 amide bonds. The van der Waals surface area contributed by atoms with Crippen molar-refractivity contribution in [1.82, 2.24) is 4.90 Å². The highest BCUT2D eigenvalue weighted by molar-refractivity contribution is 5.69. The van der Waals surface area contributed by atoms with Gasteiger partial charge in [0.2, 0.25) is 0 Å². The minimum absolute atomic E-state index is 0.0391. The third-order valence-corrected chi connectivity index (χ3v) is 3.28. The summed E-state index contributed by atoms with van der Waals surface area (Å²) < 4.78 is 11.3. The predicted molar refractivity (Wildman–Crippen MR) is 77.8 cm³/mol. The molecule has 0 radical (unpaired) electrons. The Bertz CT molecular complexity index is 479. The van der Waals surface area contributed by atoms with Crippen molar-refractivity contribution in [3.05, 3.63) is 29.8 Å². The Morgan fingerprint density at radius 3 is 2.75 bits per heavy atom. The summed E-state index contributed by atoms with van der Waals surface area (Å²) >= 11 is 0. The summed E-state index contributed by atoms with van der Waals surface area (Å²) in [5, 5.41) is 0. The molecule has 1 unspecified atom stereocenters. The van der Waals surface area contributed by atoms with Gasteiger partial charge in [-0.05, 0) is 33.3 Å². The van der Waals surface area contributed by atoms with Crippen LogP contribution in [0.1, 0.15) is 39.7 Å². The zero-order valence-corrected chi connectivity index (χ0v) is 12.7. The molecule has 0 saturated carbocycles. The molecule has 0 aromatic heterocycles. The molecule has 0 aliphatic carbocycles. The first-order valence-electron chi connectivity index (χ1n) is 7.11. The monoisotopic (exact) mass is 277 g/mol. The molecule has 1 heterocycles. The molecule has 1 aromatic rings. The van der Waals surface area contributed by atoms with Crippen LogP contribution in [0.3, 0.4) is 0 Å². The molecule has 1 aliphatic heterocycles. The summed E-state index contributed by atoms with van der Waals surface area (Å²) in [4.78, 5) is 14.2. The lowest BCUT2D eigenvalue weighted by Crippen LogP contribution is -2.44. The van der Waals surface area contributed by atoms with Crippen LogP contribution in [0.25, 0.3) is 0 Å². The normalized spacial score (nSPS) is 18.8. The number of hydrogen-bond acceptors (Lipinski definition) is 3. The van der Waals surface area contributed by atoms with Crippen molar-refractivity contribution in [3.63, 3.8) is 0 Å². The second kappa shape index (κ2) is 5.73. The summed E-state index contributed by atoms with van der Waals surface area (Å²) in [5.41, 5.74) is 0.538. The van der Waals surface area contributed by atoms with E-state index in [2.05, 4.69) is 6.92 Å². The minimum atomic E-state index is -0.484. The van der Waals surface area contributed by atoms with Crippen LogP contribution in [0.15, 0.2) is 24.3 Å². The van der Waals surface area contributed by atoms with E-state index in [0.717, 1.165) is 17.7 Å². The molecule has 110 valence electrons. The van der Waals surface area contributed by atoms with E-state index in [4.69, 9.17) is 9.47 Å². The van der Waals surface area contributed by atoms with Crippen molar-refractivity contribution in [1.29, 1.82) is 0 Å². The van der Waals surface area contributed by atoms with Crippen molar-refractivity contribution in [3.8, 4) is 5.75 Å². The van der Waals surface area contributed by atoms with Gasteiger partial charge in [0, 0.05) is 5.56 Å². The van der Waals surface area contributed by atoms with E-state index in [1.807, 2.05) is 45.0 Å². The van der Waals surface area contributed by atoms with E-state index in [0.29, 0.717) is 13.2 Å². The van der Waals surface area contributed by atoms with Gasteiger partial charge in [0.15, 0.2) is 0 Å². The number of carbonyl (C=O) groups is 1. The zero-order chi connectivity index (χ0) is 14.8. The summed E-state index contributed by atoms with van der Waals surface area (Å²) in [6.07, 6.45) is 0.567. The highest BCUT2D eigenvalue weighted by Crippen LogP contribution is 2.26. The largest absolute Gasteiger partial charge is 0.491 e. The van der Waals surface area contributed by atoms with Gasteiger partial charge >= 0.3 is 6.09 Å². The number of nitrogens with zero attached hydrogens (tertiary/aromatic N) is 1. The molecule has 1 aliphatic rings. The summed E-state index contributed by atoms with van der Waals surface area (Å²) in [6.45, 7) is 8.74. The summed E-state index contributed by atoms with van der Waals surface area (Å²) in [7, 11) is 0. The molecule has 0 saturated heterocycles. The fraction of sp³-hybridized carbons (Fsp3) is 0.562. The number of ether oxygens (including phenoxy) is 2. The molecular formula is C16H23NO3. The van der Waals surface area contributed by atoms with Gasteiger partial charge in [0.1, 0.15) is 18.0 Å². The molecule has 1 atom stereocenters. The number of fused-ring (bicyclic) bond motifs is 1. The first kappa shape index (κ1) is 14.7. The lowest BCUT2D eigenvalue weighted by atomic mass is 10.1. The van der Waals surface area contributed by atoms with Gasteiger partial charge in [-0.25, -0.2) is 4.79 Å². The molecule has 0 spiro atoms. The molecule has 4 nitrogen and oxygen atoms in total. The Labute approximate surface area is 120 Å². The van der Waals surface area contributed by atoms with Gasteiger partial charge in [-0.1, -0.05) is 25.1 Å². The van der Waals surface area contributed by atoms with E-state index in [-0.39, 0.29) is 12.1 Å². The lowest BCUT2D eigenvalue weighted by Gasteiger charge is -2.31. The van der Waals surface area contributed by atoms with E-state index in [9.17, 15) is 4.79 Å². The van der Waals surface area contributed by atoms with Crippen molar-refractivity contribution in [2.75, 3.05) is 6.61 Å². The minimum Gasteiger partial charge on any atom is -0.491 e. The molecule has 0 N–H and O–H groups in total. The van der Waals surface area contributed by atoms with Gasteiger partial charge < -0.3 is 9.47 Å². The van der Waals surface area contributed by atoms with Gasteiger partial charge in [0.25, 0.3) is 0 Å². The van der Waals surface area contributed by atoms with Crippen LogP contribution in [0, 0.1) is 0 Å². The highest BCUT2D eigenvalue weighted by Gasteiger charge is 2.30. The van der Waals surface area contributed by atoms with Gasteiger partial charge in [-0.15, -0.1) is 0 Å². The van der Waals surface area contributed by atoms with Crippen LogP contribution in [0.2, 0.25) is 0 Å². The Kier molecular flexibility index (Phi) is 4.21. The average Bonchev–Trinajstić information content (AvgIpc) is 2.55. The fourth-order valence-corrected chi connectivity index (χ4v) is 2.24. The molecule has 20 heavy (non-hydrogen) atoms. The number of rotatable bonds is 1. The van der Waals surface area contributed by atoms with Gasteiger partial charge in [-0.3, -0.25) is 4.90 Å². The maximum Gasteiger partial charge on any atom is 0.410 e. The molecular weight excluding hydrogens is 254 g/mol. The smallest absolute Gasteiger partial charge is 0.410 e. The van der Waals surface area contributed by atoms with Crippen LogP contribution in [0.5, 0.6) is 5.75 Å². The number of carbonyl (C=O) groups excluding carboxylic acids is 1. The number of hydrogen-bond donors (Lipinski definition) is 0. The third-order valence-electron chi connectivity index (χ3n) is 3.28. The van der Waals surface area contributed by atoms with Crippen LogP contribution < -0.4 is 4.74 Å². The van der Waals surface area contributed by atoms with Crippen molar-refractivity contribution in [2.24, 2.45) is 0 Å². The first-order chi connectivity index (χ1) is 9.40. The average molecular weight is 277 g/mol. The maximum absolute atomic E-state index is 12.4. The Balaban J connectivity index is 2.22. The standard InChI is InChI=1S/C16H23NO3/c1-5-13-11-19-14-9-7-6-8-12(14)10-17(13)15(18)20-16(2,3)4/h6-9,13H,5,10-11H2,1-4H3. The maximum atomic E-state index is 12.4. The topological polar surface area (TPSA) is 38.8 Å². The van der Waals surface area contributed by atoms with Gasteiger partial charge in [0.05, 0.1) is 12.6 Å². The molecule has 0 fully saturated rings. The number of benzene rings is 1. The Morgan fingerprint density at radius 2 is 2.10 bits per heavy atom. The second-order valence-electron chi connectivity index (χ2n) is 6.09. The SMILES string of the molecule is CCC1COc2ccccc2CN1C(=O)OC(C)(C)C.